The highest BCUT2D eigenvalue weighted by molar-refractivity contribution is 5.51. The first-order chi connectivity index (χ1) is 8.54. The normalized spacial score (nSPS) is 10.3. The van der Waals surface area contributed by atoms with E-state index in [1.807, 2.05) is 0 Å². The maximum absolute atomic E-state index is 13.1. The molecule has 2 aromatic rings. The van der Waals surface area contributed by atoms with Crippen LogP contribution in [0.15, 0.2) is 28.8 Å². The molecule has 1 N–H and O–H groups in total. The summed E-state index contributed by atoms with van der Waals surface area (Å²) in [6, 6.07) is 5.02. The molecule has 0 fully saturated rings. The van der Waals surface area contributed by atoms with Crippen LogP contribution in [0, 0.1) is 22.9 Å². The van der Waals surface area contributed by atoms with Crippen molar-refractivity contribution in [1.29, 1.82) is 0 Å². The minimum absolute atomic E-state index is 0.279. The summed E-state index contributed by atoms with van der Waals surface area (Å²) in [6.45, 7) is 2.06. The largest absolute Gasteiger partial charge is 0.377 e. The molecule has 0 spiro atoms. The van der Waals surface area contributed by atoms with Gasteiger partial charge in [0.05, 0.1) is 23.2 Å². The Morgan fingerprint density at radius 3 is 2.83 bits per heavy atom. The molecular formula is C11H10FN3O3. The smallest absolute Gasteiger partial charge is 0.274 e. The Labute approximate surface area is 102 Å². The van der Waals surface area contributed by atoms with Crippen LogP contribution < -0.4 is 5.32 Å². The van der Waals surface area contributed by atoms with Gasteiger partial charge in [-0.05, 0) is 13.0 Å². The lowest BCUT2D eigenvalue weighted by Gasteiger charge is -2.03. The predicted molar refractivity (Wildman–Crippen MR) is 61.6 cm³/mol. The summed E-state index contributed by atoms with van der Waals surface area (Å²) in [5, 5.41) is 17.1. The van der Waals surface area contributed by atoms with E-state index in [1.165, 1.54) is 12.1 Å². The molecule has 94 valence electrons. The van der Waals surface area contributed by atoms with Crippen LogP contribution in [0.1, 0.15) is 11.5 Å². The van der Waals surface area contributed by atoms with Gasteiger partial charge in [-0.25, -0.2) is 4.39 Å². The van der Waals surface area contributed by atoms with Crippen molar-refractivity contribution in [2.24, 2.45) is 0 Å². The van der Waals surface area contributed by atoms with Gasteiger partial charge in [-0.3, -0.25) is 10.1 Å². The van der Waals surface area contributed by atoms with E-state index in [2.05, 4.69) is 10.5 Å². The number of hydrogen-bond acceptors (Lipinski definition) is 5. The molecule has 0 aliphatic carbocycles. The second-order valence-electron chi connectivity index (χ2n) is 3.74. The van der Waals surface area contributed by atoms with Crippen molar-refractivity contribution in [1.82, 2.24) is 5.16 Å². The number of non-ortho nitro benzene ring substituents is 1. The lowest BCUT2D eigenvalue weighted by atomic mass is 10.2. The number of anilines is 1. The molecule has 0 atom stereocenters. The summed E-state index contributed by atoms with van der Waals surface area (Å²) in [6.07, 6.45) is 0. The van der Waals surface area contributed by atoms with Crippen molar-refractivity contribution in [3.63, 3.8) is 0 Å². The summed E-state index contributed by atoms with van der Waals surface area (Å²) >= 11 is 0. The van der Waals surface area contributed by atoms with Crippen LogP contribution in [-0.2, 0) is 6.54 Å². The minimum atomic E-state index is -0.666. The second kappa shape index (κ2) is 4.82. The van der Waals surface area contributed by atoms with Crippen molar-refractivity contribution >= 4 is 11.4 Å². The number of hydrogen-bond donors (Lipinski definition) is 1. The Morgan fingerprint density at radius 2 is 2.22 bits per heavy atom. The summed E-state index contributed by atoms with van der Waals surface area (Å²) in [4.78, 5) is 9.92. The highest BCUT2D eigenvalue weighted by Crippen LogP contribution is 2.20. The Hall–Kier alpha value is -2.44. The summed E-state index contributed by atoms with van der Waals surface area (Å²) in [7, 11) is 0. The molecule has 0 aliphatic heterocycles. The first-order valence-corrected chi connectivity index (χ1v) is 5.15. The molecule has 0 amide bonds. The van der Waals surface area contributed by atoms with E-state index in [0.717, 1.165) is 11.8 Å². The van der Waals surface area contributed by atoms with Gasteiger partial charge in [0, 0.05) is 17.8 Å². The Balaban J connectivity index is 2.11. The molecule has 2 rings (SSSR count). The third-order valence-electron chi connectivity index (χ3n) is 2.24. The van der Waals surface area contributed by atoms with E-state index < -0.39 is 10.7 Å². The van der Waals surface area contributed by atoms with Gasteiger partial charge >= 0.3 is 0 Å². The lowest BCUT2D eigenvalue weighted by molar-refractivity contribution is -0.385. The molecule has 0 bridgehead atoms. The van der Waals surface area contributed by atoms with E-state index >= 15 is 0 Å². The molecule has 0 radical (unpaired) electrons. The van der Waals surface area contributed by atoms with Crippen LogP contribution in [0.3, 0.4) is 0 Å². The van der Waals surface area contributed by atoms with Crippen LogP contribution in [0.25, 0.3) is 0 Å². The van der Waals surface area contributed by atoms with Gasteiger partial charge in [-0.15, -0.1) is 0 Å². The number of aryl methyl sites for hydroxylation is 1. The molecule has 0 saturated heterocycles. The fourth-order valence-electron chi connectivity index (χ4n) is 1.47. The zero-order valence-electron chi connectivity index (χ0n) is 9.51. The van der Waals surface area contributed by atoms with Crippen LogP contribution in [-0.4, -0.2) is 10.1 Å². The van der Waals surface area contributed by atoms with Gasteiger partial charge in [0.25, 0.3) is 5.69 Å². The fraction of sp³-hybridized carbons (Fsp3) is 0.182. The van der Waals surface area contributed by atoms with E-state index in [0.29, 0.717) is 11.4 Å². The van der Waals surface area contributed by atoms with E-state index in [4.69, 9.17) is 4.52 Å². The van der Waals surface area contributed by atoms with Crippen molar-refractivity contribution < 1.29 is 13.8 Å². The molecular weight excluding hydrogens is 241 g/mol. The van der Waals surface area contributed by atoms with E-state index in [1.54, 1.807) is 13.0 Å². The summed E-state index contributed by atoms with van der Waals surface area (Å²) in [5.74, 6) is -0.0973. The SMILES string of the molecule is Cc1cc(CNc2cc(F)cc([N+](=O)[O-])c2)on1. The van der Waals surface area contributed by atoms with Gasteiger partial charge in [0.1, 0.15) is 5.82 Å². The number of benzene rings is 1. The monoisotopic (exact) mass is 251 g/mol. The average Bonchev–Trinajstić information content (AvgIpc) is 2.72. The Morgan fingerprint density at radius 1 is 1.44 bits per heavy atom. The van der Waals surface area contributed by atoms with Crippen LogP contribution in [0.2, 0.25) is 0 Å². The molecule has 7 heteroatoms. The Kier molecular flexibility index (Phi) is 3.22. The number of aromatic nitrogens is 1. The first kappa shape index (κ1) is 12.0. The van der Waals surface area contributed by atoms with Crippen molar-refractivity contribution in [2.45, 2.75) is 13.5 Å². The van der Waals surface area contributed by atoms with Crippen molar-refractivity contribution in [2.75, 3.05) is 5.32 Å². The van der Waals surface area contributed by atoms with Gasteiger partial charge in [-0.2, -0.15) is 0 Å². The predicted octanol–water partition coefficient (Wildman–Crippen LogP) is 2.64. The molecule has 18 heavy (non-hydrogen) atoms. The second-order valence-corrected chi connectivity index (χ2v) is 3.74. The van der Waals surface area contributed by atoms with Gasteiger partial charge in [0.15, 0.2) is 5.76 Å². The topological polar surface area (TPSA) is 81.2 Å². The maximum atomic E-state index is 13.1. The zero-order chi connectivity index (χ0) is 13.1. The molecule has 0 aliphatic rings. The third-order valence-corrected chi connectivity index (χ3v) is 2.24. The Bertz CT molecular complexity index is 583. The average molecular weight is 251 g/mol. The highest BCUT2D eigenvalue weighted by atomic mass is 19.1. The fourth-order valence-corrected chi connectivity index (χ4v) is 1.47. The summed E-state index contributed by atoms with van der Waals surface area (Å²) in [5.41, 5.74) is 0.749. The van der Waals surface area contributed by atoms with Crippen LogP contribution >= 0.6 is 0 Å². The molecule has 6 nitrogen and oxygen atoms in total. The lowest BCUT2D eigenvalue weighted by Crippen LogP contribution is -2.00. The maximum Gasteiger partial charge on any atom is 0.274 e. The standard InChI is InChI=1S/C11H10FN3O3/c1-7-2-11(18-14-7)6-13-9-3-8(12)4-10(5-9)15(16)17/h2-5,13H,6H2,1H3. The van der Waals surface area contributed by atoms with Crippen LogP contribution in [0.5, 0.6) is 0 Å². The quantitative estimate of drug-likeness (QED) is 0.667. The first-order valence-electron chi connectivity index (χ1n) is 5.15. The van der Waals surface area contributed by atoms with Gasteiger partial charge in [-0.1, -0.05) is 5.16 Å². The zero-order valence-corrected chi connectivity index (χ0v) is 9.51. The summed E-state index contributed by atoms with van der Waals surface area (Å²) < 4.78 is 18.1. The number of nitro groups is 1. The molecule has 1 aromatic heterocycles. The van der Waals surface area contributed by atoms with Gasteiger partial charge < -0.3 is 9.84 Å². The van der Waals surface area contributed by atoms with E-state index in [-0.39, 0.29) is 12.2 Å². The third kappa shape index (κ3) is 2.82. The van der Waals surface area contributed by atoms with Crippen molar-refractivity contribution in [3.8, 4) is 0 Å². The van der Waals surface area contributed by atoms with Gasteiger partial charge in [0.2, 0.25) is 0 Å². The molecule has 1 heterocycles. The number of halogens is 1. The highest BCUT2D eigenvalue weighted by Gasteiger charge is 2.10. The molecule has 0 saturated carbocycles. The number of nitrogens with zero attached hydrogens (tertiary/aromatic N) is 2. The minimum Gasteiger partial charge on any atom is -0.377 e. The van der Waals surface area contributed by atoms with Crippen molar-refractivity contribution in [3.05, 3.63) is 51.7 Å². The number of nitro benzene ring substituents is 1. The number of rotatable bonds is 4. The molecule has 1 aromatic carbocycles. The number of nitrogens with one attached hydrogen (secondary N) is 1. The van der Waals surface area contributed by atoms with E-state index in [9.17, 15) is 14.5 Å². The van der Waals surface area contributed by atoms with Crippen LogP contribution in [0.4, 0.5) is 15.8 Å². The molecule has 0 unspecified atom stereocenters.